The molecule has 0 radical (unpaired) electrons. The Balaban J connectivity index is 2.17. The molecule has 2 heterocycles. The van der Waals surface area contributed by atoms with Gasteiger partial charge in [0.25, 0.3) is 0 Å². The van der Waals surface area contributed by atoms with E-state index in [9.17, 15) is 10.1 Å². The second-order valence-corrected chi connectivity index (χ2v) is 4.07. The van der Waals surface area contributed by atoms with E-state index in [0.717, 1.165) is 10.1 Å². The van der Waals surface area contributed by atoms with Crippen molar-refractivity contribution < 1.29 is 4.92 Å². The average molecular weight is 236 g/mol. The molecule has 2 rings (SSSR count). The van der Waals surface area contributed by atoms with Crippen molar-refractivity contribution in [1.82, 2.24) is 14.5 Å². The average Bonchev–Trinajstić information content (AvgIpc) is 2.65. The first-order chi connectivity index (χ1) is 7.66. The normalized spacial score (nSPS) is 10.3. The minimum Gasteiger partial charge on any atom is -0.358 e. The summed E-state index contributed by atoms with van der Waals surface area (Å²) in [6, 6.07) is 3.04. The van der Waals surface area contributed by atoms with Crippen LogP contribution in [0, 0.1) is 10.1 Å². The topological polar surface area (TPSA) is 73.8 Å². The molecule has 6 nitrogen and oxygen atoms in total. The van der Waals surface area contributed by atoms with Gasteiger partial charge in [-0.3, -0.25) is 0 Å². The van der Waals surface area contributed by atoms with E-state index in [0.29, 0.717) is 0 Å². The zero-order chi connectivity index (χ0) is 11.5. The van der Waals surface area contributed by atoms with Crippen molar-refractivity contribution in [3.63, 3.8) is 0 Å². The summed E-state index contributed by atoms with van der Waals surface area (Å²) in [4.78, 5) is 18.6. The largest absolute Gasteiger partial charge is 0.363 e. The quantitative estimate of drug-likeness (QED) is 0.600. The van der Waals surface area contributed by atoms with Crippen molar-refractivity contribution in [2.45, 2.75) is 10.1 Å². The summed E-state index contributed by atoms with van der Waals surface area (Å²) in [6.45, 7) is 0. The van der Waals surface area contributed by atoms with Crippen molar-refractivity contribution in [3.05, 3.63) is 40.8 Å². The highest BCUT2D eigenvalue weighted by atomic mass is 32.2. The third-order valence-corrected chi connectivity index (χ3v) is 2.95. The molecule has 2 aromatic rings. The zero-order valence-electron chi connectivity index (χ0n) is 8.40. The molecule has 0 aromatic carbocycles. The molecule has 0 aliphatic rings. The van der Waals surface area contributed by atoms with Crippen LogP contribution in [0.2, 0.25) is 0 Å². The molecule has 0 amide bonds. The number of imidazole rings is 1. The third kappa shape index (κ3) is 2.19. The van der Waals surface area contributed by atoms with Crippen molar-refractivity contribution in [1.29, 1.82) is 0 Å². The minimum absolute atomic E-state index is 0.149. The van der Waals surface area contributed by atoms with E-state index < -0.39 is 4.92 Å². The van der Waals surface area contributed by atoms with Crippen molar-refractivity contribution in [3.8, 4) is 0 Å². The lowest BCUT2D eigenvalue weighted by Gasteiger charge is -1.99. The van der Waals surface area contributed by atoms with Crippen molar-refractivity contribution in [2.75, 3.05) is 0 Å². The molecule has 0 aliphatic carbocycles. The fourth-order valence-electron chi connectivity index (χ4n) is 1.10. The Hall–Kier alpha value is -1.89. The maximum Gasteiger partial charge on any atom is 0.363 e. The molecule has 0 aliphatic heterocycles. The molecule has 0 N–H and O–H groups in total. The lowest BCUT2D eigenvalue weighted by Crippen LogP contribution is -1.92. The summed E-state index contributed by atoms with van der Waals surface area (Å²) in [5.74, 6) is -0.149. The smallest absolute Gasteiger partial charge is 0.358 e. The van der Waals surface area contributed by atoms with Gasteiger partial charge in [0.2, 0.25) is 0 Å². The van der Waals surface area contributed by atoms with Crippen LogP contribution in [0.1, 0.15) is 0 Å². The molecular formula is C9H8N4O2S. The molecule has 0 unspecified atom stereocenters. The minimum atomic E-state index is -0.519. The molecule has 0 fully saturated rings. The Morgan fingerprint density at radius 1 is 1.44 bits per heavy atom. The monoisotopic (exact) mass is 236 g/mol. The second kappa shape index (κ2) is 4.31. The van der Waals surface area contributed by atoms with Gasteiger partial charge in [-0.1, -0.05) is 0 Å². The molecule has 82 valence electrons. The van der Waals surface area contributed by atoms with Crippen molar-refractivity contribution >= 4 is 17.6 Å². The number of aromatic nitrogens is 3. The number of hydrogen-bond donors (Lipinski definition) is 0. The van der Waals surface area contributed by atoms with E-state index in [4.69, 9.17) is 0 Å². The van der Waals surface area contributed by atoms with Crippen LogP contribution in [0.5, 0.6) is 0 Å². The predicted molar refractivity (Wildman–Crippen MR) is 58.2 cm³/mol. The summed E-state index contributed by atoms with van der Waals surface area (Å²) in [5.41, 5.74) is 0. The van der Waals surface area contributed by atoms with Gasteiger partial charge in [-0.2, -0.15) is 0 Å². The molecule has 0 atom stereocenters. The van der Waals surface area contributed by atoms with Crippen LogP contribution in [0.15, 0.2) is 40.8 Å². The van der Waals surface area contributed by atoms with Crippen molar-refractivity contribution in [2.24, 2.45) is 7.05 Å². The van der Waals surface area contributed by atoms with Gasteiger partial charge in [0.05, 0.1) is 4.90 Å². The van der Waals surface area contributed by atoms with E-state index in [2.05, 4.69) is 9.97 Å². The number of hydrogen-bond acceptors (Lipinski definition) is 5. The van der Waals surface area contributed by atoms with Crippen LogP contribution in [0.4, 0.5) is 5.82 Å². The first-order valence-corrected chi connectivity index (χ1v) is 5.24. The fraction of sp³-hybridized carbons (Fsp3) is 0.111. The summed E-state index contributed by atoms with van der Waals surface area (Å²) < 4.78 is 1.87. The van der Waals surface area contributed by atoms with Gasteiger partial charge in [0, 0.05) is 25.5 Å². The van der Waals surface area contributed by atoms with Gasteiger partial charge in [-0.25, -0.2) is 4.98 Å². The molecule has 0 saturated heterocycles. The van der Waals surface area contributed by atoms with E-state index in [1.165, 1.54) is 24.0 Å². The molecule has 0 saturated carbocycles. The number of pyridine rings is 1. The van der Waals surface area contributed by atoms with Crippen LogP contribution in [-0.2, 0) is 7.05 Å². The Labute approximate surface area is 95.5 Å². The highest BCUT2D eigenvalue weighted by molar-refractivity contribution is 7.99. The van der Waals surface area contributed by atoms with Crippen LogP contribution in [0.25, 0.3) is 0 Å². The summed E-state index contributed by atoms with van der Waals surface area (Å²) in [6.07, 6.45) is 5.00. The first-order valence-electron chi connectivity index (χ1n) is 4.42. The Kier molecular flexibility index (Phi) is 2.86. The number of nitro groups is 1. The molecule has 16 heavy (non-hydrogen) atoms. The second-order valence-electron chi connectivity index (χ2n) is 3.03. The van der Waals surface area contributed by atoms with Crippen LogP contribution < -0.4 is 0 Å². The standard InChI is InChI=1S/C9H8N4O2S/c1-12-5-4-10-9(12)16-7-2-3-8(11-6-7)13(14)15/h2-6H,1H3. The summed E-state index contributed by atoms with van der Waals surface area (Å²) in [5, 5.41) is 11.2. The molecular weight excluding hydrogens is 228 g/mol. The Morgan fingerprint density at radius 2 is 2.25 bits per heavy atom. The highest BCUT2D eigenvalue weighted by Gasteiger charge is 2.08. The number of nitrogens with zero attached hydrogens (tertiary/aromatic N) is 4. The van der Waals surface area contributed by atoms with Crippen LogP contribution >= 0.6 is 11.8 Å². The number of rotatable bonds is 3. The molecule has 0 bridgehead atoms. The first kappa shape index (κ1) is 10.6. The van der Waals surface area contributed by atoms with Crippen LogP contribution in [-0.4, -0.2) is 19.5 Å². The van der Waals surface area contributed by atoms with Gasteiger partial charge in [-0.15, -0.1) is 0 Å². The molecule has 2 aromatic heterocycles. The lowest BCUT2D eigenvalue weighted by molar-refractivity contribution is -0.389. The summed E-state index contributed by atoms with van der Waals surface area (Å²) >= 11 is 1.41. The summed E-state index contributed by atoms with van der Waals surface area (Å²) in [7, 11) is 1.88. The Bertz CT molecular complexity index is 508. The zero-order valence-corrected chi connectivity index (χ0v) is 9.22. The Morgan fingerprint density at radius 3 is 2.75 bits per heavy atom. The van der Waals surface area contributed by atoms with Gasteiger partial charge >= 0.3 is 5.82 Å². The SMILES string of the molecule is Cn1ccnc1Sc1ccc([N+](=O)[O-])nc1. The molecule has 0 spiro atoms. The van der Waals surface area contributed by atoms with Crippen LogP contribution in [0.3, 0.4) is 0 Å². The van der Waals surface area contributed by atoms with E-state index in [-0.39, 0.29) is 5.82 Å². The highest BCUT2D eigenvalue weighted by Crippen LogP contribution is 2.25. The predicted octanol–water partition coefficient (Wildman–Crippen LogP) is 1.87. The van der Waals surface area contributed by atoms with Gasteiger partial charge in [0.1, 0.15) is 0 Å². The maximum atomic E-state index is 10.4. The maximum absolute atomic E-state index is 10.4. The van der Waals surface area contributed by atoms with Gasteiger partial charge in [0.15, 0.2) is 11.4 Å². The van der Waals surface area contributed by atoms with E-state index in [1.54, 1.807) is 12.3 Å². The fourth-order valence-corrected chi connectivity index (χ4v) is 1.87. The van der Waals surface area contributed by atoms with Gasteiger partial charge in [-0.05, 0) is 27.7 Å². The molecule has 7 heteroatoms. The van der Waals surface area contributed by atoms with E-state index in [1.807, 2.05) is 17.8 Å². The lowest BCUT2D eigenvalue weighted by atomic mass is 10.5. The van der Waals surface area contributed by atoms with Gasteiger partial charge < -0.3 is 14.7 Å². The van der Waals surface area contributed by atoms with E-state index >= 15 is 0 Å². The third-order valence-electron chi connectivity index (χ3n) is 1.89. The number of aryl methyl sites for hydroxylation is 1.